The molecule has 2 aromatic rings. The number of ether oxygens (including phenoxy) is 1. The molecule has 0 saturated carbocycles. The molecule has 0 saturated heterocycles. The van der Waals surface area contributed by atoms with E-state index < -0.39 is 11.6 Å². The standard InChI is InChI=1S/C14H11F2NO2/c1-9(18)13-5-11(15)2-3-14(13)19-8-10-4-12(16)7-17-6-10/h2-7H,8H2,1H3. The first-order chi connectivity index (χ1) is 9.06. The van der Waals surface area contributed by atoms with Crippen LogP contribution >= 0.6 is 0 Å². The third-order valence-corrected chi connectivity index (χ3v) is 2.48. The largest absolute Gasteiger partial charge is 0.488 e. The molecule has 0 unspecified atom stereocenters. The molecule has 0 aliphatic rings. The number of aromatic nitrogens is 1. The van der Waals surface area contributed by atoms with Crippen LogP contribution in [0.2, 0.25) is 0 Å². The summed E-state index contributed by atoms with van der Waals surface area (Å²) >= 11 is 0. The summed E-state index contributed by atoms with van der Waals surface area (Å²) in [4.78, 5) is 15.1. The molecule has 19 heavy (non-hydrogen) atoms. The average Bonchev–Trinajstić information content (AvgIpc) is 2.37. The predicted octanol–water partition coefficient (Wildman–Crippen LogP) is 3.14. The molecule has 0 atom stereocenters. The van der Waals surface area contributed by atoms with Gasteiger partial charge < -0.3 is 4.74 Å². The molecular weight excluding hydrogens is 252 g/mol. The lowest BCUT2D eigenvalue weighted by atomic mass is 10.1. The third kappa shape index (κ3) is 3.34. The molecule has 1 aromatic carbocycles. The van der Waals surface area contributed by atoms with Crippen LogP contribution in [0.3, 0.4) is 0 Å². The van der Waals surface area contributed by atoms with Crippen LogP contribution in [-0.4, -0.2) is 10.8 Å². The van der Waals surface area contributed by atoms with E-state index in [9.17, 15) is 13.6 Å². The number of Topliss-reactive ketones (excluding diaryl/α,β-unsaturated/α-hetero) is 1. The summed E-state index contributed by atoms with van der Waals surface area (Å²) in [5, 5.41) is 0. The molecule has 5 heteroatoms. The van der Waals surface area contributed by atoms with Crippen molar-refractivity contribution in [3.63, 3.8) is 0 Å². The van der Waals surface area contributed by atoms with E-state index in [0.29, 0.717) is 5.56 Å². The molecule has 0 N–H and O–H groups in total. The van der Waals surface area contributed by atoms with Crippen molar-refractivity contribution in [3.8, 4) is 5.75 Å². The quantitative estimate of drug-likeness (QED) is 0.795. The topological polar surface area (TPSA) is 39.2 Å². The number of hydrogen-bond donors (Lipinski definition) is 0. The van der Waals surface area contributed by atoms with E-state index in [1.165, 1.54) is 31.3 Å². The Morgan fingerprint density at radius 1 is 1.21 bits per heavy atom. The summed E-state index contributed by atoms with van der Waals surface area (Å²) in [6, 6.07) is 4.97. The Balaban J connectivity index is 2.17. The van der Waals surface area contributed by atoms with Crippen molar-refractivity contribution in [2.45, 2.75) is 13.5 Å². The van der Waals surface area contributed by atoms with E-state index in [2.05, 4.69) is 4.98 Å². The van der Waals surface area contributed by atoms with Crippen molar-refractivity contribution >= 4 is 5.78 Å². The third-order valence-electron chi connectivity index (χ3n) is 2.48. The van der Waals surface area contributed by atoms with Crippen molar-refractivity contribution in [2.24, 2.45) is 0 Å². The van der Waals surface area contributed by atoms with Gasteiger partial charge in [0, 0.05) is 11.8 Å². The van der Waals surface area contributed by atoms with Crippen molar-refractivity contribution in [1.82, 2.24) is 4.98 Å². The van der Waals surface area contributed by atoms with E-state index in [4.69, 9.17) is 4.74 Å². The summed E-state index contributed by atoms with van der Waals surface area (Å²) in [6.45, 7) is 1.38. The Kier molecular flexibility index (Phi) is 3.85. The minimum atomic E-state index is -0.509. The Bertz CT molecular complexity index is 614. The highest BCUT2D eigenvalue weighted by Gasteiger charge is 2.10. The highest BCUT2D eigenvalue weighted by Crippen LogP contribution is 2.21. The van der Waals surface area contributed by atoms with Gasteiger partial charge in [-0.2, -0.15) is 0 Å². The second-order valence-corrected chi connectivity index (χ2v) is 4.00. The first kappa shape index (κ1) is 13.1. The van der Waals surface area contributed by atoms with Crippen LogP contribution in [0.4, 0.5) is 8.78 Å². The van der Waals surface area contributed by atoms with Gasteiger partial charge in [-0.1, -0.05) is 0 Å². The number of carbonyl (C=O) groups excluding carboxylic acids is 1. The summed E-state index contributed by atoms with van der Waals surface area (Å²) in [7, 11) is 0. The van der Waals surface area contributed by atoms with E-state index >= 15 is 0 Å². The van der Waals surface area contributed by atoms with Gasteiger partial charge in [-0.05, 0) is 31.2 Å². The van der Waals surface area contributed by atoms with Crippen molar-refractivity contribution in [1.29, 1.82) is 0 Å². The van der Waals surface area contributed by atoms with Crippen molar-refractivity contribution in [3.05, 3.63) is 59.4 Å². The van der Waals surface area contributed by atoms with Crippen molar-refractivity contribution in [2.75, 3.05) is 0 Å². The number of ketones is 1. The van der Waals surface area contributed by atoms with Gasteiger partial charge in [0.25, 0.3) is 0 Å². The van der Waals surface area contributed by atoms with Gasteiger partial charge in [0.05, 0.1) is 11.8 Å². The van der Waals surface area contributed by atoms with Crippen LogP contribution in [0.15, 0.2) is 36.7 Å². The second-order valence-electron chi connectivity index (χ2n) is 4.00. The Labute approximate surface area is 108 Å². The molecule has 3 nitrogen and oxygen atoms in total. The van der Waals surface area contributed by atoms with E-state index in [0.717, 1.165) is 12.3 Å². The number of halogens is 2. The molecule has 1 heterocycles. The fourth-order valence-corrected chi connectivity index (χ4v) is 1.60. The summed E-state index contributed by atoms with van der Waals surface area (Å²) in [5.41, 5.74) is 0.684. The molecular formula is C14H11F2NO2. The minimum Gasteiger partial charge on any atom is -0.488 e. The van der Waals surface area contributed by atoms with Gasteiger partial charge in [-0.25, -0.2) is 8.78 Å². The summed E-state index contributed by atoms with van der Waals surface area (Å²) in [5.74, 6) is -1.01. The van der Waals surface area contributed by atoms with E-state index in [1.807, 2.05) is 0 Å². The molecule has 98 valence electrons. The van der Waals surface area contributed by atoms with Gasteiger partial charge in [0.2, 0.25) is 0 Å². The van der Waals surface area contributed by atoms with Crippen LogP contribution in [0, 0.1) is 11.6 Å². The first-order valence-electron chi connectivity index (χ1n) is 5.59. The van der Waals surface area contributed by atoms with Crippen LogP contribution in [0.1, 0.15) is 22.8 Å². The monoisotopic (exact) mass is 263 g/mol. The van der Waals surface area contributed by atoms with Gasteiger partial charge in [0.15, 0.2) is 5.78 Å². The molecule has 0 aliphatic heterocycles. The summed E-state index contributed by atoms with van der Waals surface area (Å²) < 4.78 is 31.4. The molecule has 0 amide bonds. The second kappa shape index (κ2) is 5.56. The minimum absolute atomic E-state index is 0.0523. The van der Waals surface area contributed by atoms with Gasteiger partial charge in [-0.3, -0.25) is 9.78 Å². The number of carbonyl (C=O) groups is 1. The molecule has 0 spiro atoms. The number of pyridine rings is 1. The fraction of sp³-hybridized carbons (Fsp3) is 0.143. The zero-order valence-electron chi connectivity index (χ0n) is 10.2. The Morgan fingerprint density at radius 3 is 2.68 bits per heavy atom. The molecule has 0 fully saturated rings. The fourth-order valence-electron chi connectivity index (χ4n) is 1.60. The summed E-state index contributed by atoms with van der Waals surface area (Å²) in [6.07, 6.45) is 2.54. The van der Waals surface area contributed by atoms with E-state index in [1.54, 1.807) is 0 Å². The zero-order chi connectivity index (χ0) is 13.8. The molecule has 1 aromatic heterocycles. The normalized spacial score (nSPS) is 10.3. The maximum absolute atomic E-state index is 13.1. The van der Waals surface area contributed by atoms with Gasteiger partial charge in [-0.15, -0.1) is 0 Å². The van der Waals surface area contributed by atoms with E-state index in [-0.39, 0.29) is 23.7 Å². The first-order valence-corrected chi connectivity index (χ1v) is 5.59. The number of hydrogen-bond acceptors (Lipinski definition) is 3. The Morgan fingerprint density at radius 2 is 2.00 bits per heavy atom. The Hall–Kier alpha value is -2.30. The molecule has 2 rings (SSSR count). The van der Waals surface area contributed by atoms with Crippen LogP contribution in [0.25, 0.3) is 0 Å². The zero-order valence-corrected chi connectivity index (χ0v) is 10.2. The highest BCUT2D eigenvalue weighted by atomic mass is 19.1. The number of rotatable bonds is 4. The van der Waals surface area contributed by atoms with Gasteiger partial charge >= 0.3 is 0 Å². The lowest BCUT2D eigenvalue weighted by molar-refractivity contribution is 0.101. The number of benzene rings is 1. The maximum Gasteiger partial charge on any atom is 0.163 e. The van der Waals surface area contributed by atoms with Gasteiger partial charge in [0.1, 0.15) is 24.0 Å². The van der Waals surface area contributed by atoms with Crippen LogP contribution < -0.4 is 4.74 Å². The van der Waals surface area contributed by atoms with Crippen LogP contribution in [-0.2, 0) is 6.61 Å². The van der Waals surface area contributed by atoms with Crippen molar-refractivity contribution < 1.29 is 18.3 Å². The molecule has 0 radical (unpaired) electrons. The maximum atomic E-state index is 13.1. The van der Waals surface area contributed by atoms with Crippen LogP contribution in [0.5, 0.6) is 5.75 Å². The molecule has 0 bridgehead atoms. The number of nitrogens with zero attached hydrogens (tertiary/aromatic N) is 1. The SMILES string of the molecule is CC(=O)c1cc(F)ccc1OCc1cncc(F)c1. The smallest absolute Gasteiger partial charge is 0.163 e. The average molecular weight is 263 g/mol. The highest BCUT2D eigenvalue weighted by molar-refractivity contribution is 5.96. The molecule has 0 aliphatic carbocycles. The predicted molar refractivity (Wildman–Crippen MR) is 64.9 cm³/mol. The lowest BCUT2D eigenvalue weighted by Gasteiger charge is -2.09. The lowest BCUT2D eigenvalue weighted by Crippen LogP contribution is -2.02.